The van der Waals surface area contributed by atoms with Crippen LogP contribution in [0.5, 0.6) is 0 Å². The fourth-order valence-electron chi connectivity index (χ4n) is 1.84. The molecule has 0 radical (unpaired) electrons. The molecule has 0 aliphatic carbocycles. The summed E-state index contributed by atoms with van der Waals surface area (Å²) in [6, 6.07) is 13.9. The van der Waals surface area contributed by atoms with E-state index in [9.17, 15) is 0 Å². The molecule has 0 aromatic heterocycles. The second-order valence-corrected chi connectivity index (χ2v) is 5.28. The summed E-state index contributed by atoms with van der Waals surface area (Å²) >= 11 is 11.9. The number of halogens is 2. The number of nitrogens with two attached hydrogens (primary N) is 1. The van der Waals surface area contributed by atoms with Crippen LogP contribution in [-0.4, -0.2) is 0 Å². The van der Waals surface area contributed by atoms with Crippen molar-refractivity contribution in [1.29, 1.82) is 0 Å². The smallest absolute Gasteiger partial charge is 0.0595 e. The second kappa shape index (κ2) is 5.75. The van der Waals surface area contributed by atoms with Gasteiger partial charge in [-0.3, -0.25) is 0 Å². The number of hydrogen-bond acceptors (Lipinski definition) is 1. The summed E-state index contributed by atoms with van der Waals surface area (Å²) in [4.78, 5) is 0. The zero-order valence-electron chi connectivity index (χ0n) is 10.2. The number of hydrogen-bond donors (Lipinski definition) is 1. The van der Waals surface area contributed by atoms with E-state index in [1.54, 1.807) is 6.07 Å². The summed E-state index contributed by atoms with van der Waals surface area (Å²) in [6.07, 6.45) is 0.790. The highest BCUT2D eigenvalue weighted by Crippen LogP contribution is 2.26. The maximum absolute atomic E-state index is 6.18. The Bertz CT molecular complexity index is 535. The molecule has 0 heterocycles. The highest BCUT2D eigenvalue weighted by Gasteiger charge is 2.09. The summed E-state index contributed by atoms with van der Waals surface area (Å²) in [5.74, 6) is 0. The first-order valence-electron chi connectivity index (χ1n) is 5.82. The third-order valence-electron chi connectivity index (χ3n) is 2.95. The van der Waals surface area contributed by atoms with E-state index in [-0.39, 0.29) is 6.04 Å². The van der Waals surface area contributed by atoms with E-state index < -0.39 is 0 Å². The Balaban J connectivity index is 2.13. The lowest BCUT2D eigenvalue weighted by Gasteiger charge is -2.13. The van der Waals surface area contributed by atoms with Crippen LogP contribution in [-0.2, 0) is 6.42 Å². The Kier molecular flexibility index (Phi) is 4.28. The van der Waals surface area contributed by atoms with Gasteiger partial charge in [0.05, 0.1) is 10.0 Å². The van der Waals surface area contributed by atoms with E-state index in [1.165, 1.54) is 11.1 Å². The number of benzene rings is 2. The maximum Gasteiger partial charge on any atom is 0.0595 e. The molecule has 18 heavy (non-hydrogen) atoms. The predicted molar refractivity (Wildman–Crippen MR) is 78.3 cm³/mol. The lowest BCUT2D eigenvalue weighted by atomic mass is 9.99. The van der Waals surface area contributed by atoms with Crippen LogP contribution in [0.1, 0.15) is 22.7 Å². The van der Waals surface area contributed by atoms with Crippen molar-refractivity contribution in [2.24, 2.45) is 5.73 Å². The van der Waals surface area contributed by atoms with E-state index in [4.69, 9.17) is 28.9 Å². The zero-order chi connectivity index (χ0) is 13.1. The minimum absolute atomic E-state index is 0.0672. The largest absolute Gasteiger partial charge is 0.324 e. The van der Waals surface area contributed by atoms with Crippen molar-refractivity contribution in [2.75, 3.05) is 0 Å². The van der Waals surface area contributed by atoms with Crippen molar-refractivity contribution in [3.05, 3.63) is 69.2 Å². The minimum atomic E-state index is -0.0672. The normalized spacial score (nSPS) is 12.4. The highest BCUT2D eigenvalue weighted by molar-refractivity contribution is 6.42. The van der Waals surface area contributed by atoms with Gasteiger partial charge in [-0.25, -0.2) is 0 Å². The Morgan fingerprint density at radius 2 is 1.67 bits per heavy atom. The van der Waals surface area contributed by atoms with Crippen LogP contribution in [0.15, 0.2) is 42.5 Å². The first-order chi connectivity index (χ1) is 8.56. The Labute approximate surface area is 118 Å². The molecule has 0 saturated carbocycles. The van der Waals surface area contributed by atoms with Crippen LogP contribution in [0, 0.1) is 6.92 Å². The summed E-state index contributed by atoms with van der Waals surface area (Å²) in [5.41, 5.74) is 9.66. The van der Waals surface area contributed by atoms with E-state index in [1.807, 2.05) is 12.1 Å². The van der Waals surface area contributed by atoms with Crippen molar-refractivity contribution in [1.82, 2.24) is 0 Å². The molecule has 0 aliphatic heterocycles. The minimum Gasteiger partial charge on any atom is -0.324 e. The summed E-state index contributed by atoms with van der Waals surface area (Å²) < 4.78 is 0. The maximum atomic E-state index is 6.18. The van der Waals surface area contributed by atoms with Crippen LogP contribution in [0.3, 0.4) is 0 Å². The number of aryl methyl sites for hydroxylation is 1. The van der Waals surface area contributed by atoms with Crippen molar-refractivity contribution in [2.45, 2.75) is 19.4 Å². The predicted octanol–water partition coefficient (Wildman–Crippen LogP) is 4.54. The van der Waals surface area contributed by atoms with Gasteiger partial charge >= 0.3 is 0 Å². The molecule has 3 heteroatoms. The standard InChI is InChI=1S/C15H15Cl2N/c1-10-2-4-11(5-3-10)8-15(18)12-6-7-13(16)14(17)9-12/h2-7,9,15H,8,18H2,1H3. The molecule has 1 unspecified atom stereocenters. The van der Waals surface area contributed by atoms with Gasteiger partial charge in [-0.15, -0.1) is 0 Å². The Hall–Kier alpha value is -1.02. The molecule has 2 rings (SSSR count). The van der Waals surface area contributed by atoms with Crippen molar-refractivity contribution < 1.29 is 0 Å². The monoisotopic (exact) mass is 279 g/mol. The quantitative estimate of drug-likeness (QED) is 0.877. The fourth-order valence-corrected chi connectivity index (χ4v) is 2.15. The van der Waals surface area contributed by atoms with Crippen LogP contribution >= 0.6 is 23.2 Å². The van der Waals surface area contributed by atoms with Crippen LogP contribution in [0.2, 0.25) is 10.0 Å². The van der Waals surface area contributed by atoms with Gasteiger partial charge in [-0.1, -0.05) is 59.1 Å². The molecular weight excluding hydrogens is 265 g/mol. The molecule has 0 spiro atoms. The third kappa shape index (κ3) is 3.26. The van der Waals surface area contributed by atoms with E-state index in [2.05, 4.69) is 31.2 Å². The van der Waals surface area contributed by atoms with Crippen molar-refractivity contribution in [3.8, 4) is 0 Å². The SMILES string of the molecule is Cc1ccc(CC(N)c2ccc(Cl)c(Cl)c2)cc1. The van der Waals surface area contributed by atoms with Crippen LogP contribution < -0.4 is 5.73 Å². The average Bonchev–Trinajstić information content (AvgIpc) is 2.35. The first-order valence-corrected chi connectivity index (χ1v) is 6.58. The van der Waals surface area contributed by atoms with Gasteiger partial charge in [0.15, 0.2) is 0 Å². The molecule has 2 aromatic carbocycles. The van der Waals surface area contributed by atoms with Gasteiger partial charge in [0.1, 0.15) is 0 Å². The first kappa shape index (κ1) is 13.4. The van der Waals surface area contributed by atoms with Gasteiger partial charge in [0.2, 0.25) is 0 Å². The number of rotatable bonds is 3. The molecule has 2 aromatic rings. The molecule has 2 N–H and O–H groups in total. The van der Waals surface area contributed by atoms with Crippen LogP contribution in [0.4, 0.5) is 0 Å². The molecule has 1 nitrogen and oxygen atoms in total. The summed E-state index contributed by atoms with van der Waals surface area (Å²) in [7, 11) is 0. The second-order valence-electron chi connectivity index (χ2n) is 4.47. The summed E-state index contributed by atoms with van der Waals surface area (Å²) in [5, 5.41) is 1.11. The van der Waals surface area contributed by atoms with Crippen molar-refractivity contribution in [3.63, 3.8) is 0 Å². The van der Waals surface area contributed by atoms with Gasteiger partial charge in [-0.05, 0) is 36.6 Å². The molecule has 0 saturated heterocycles. The molecule has 0 fully saturated rings. The van der Waals surface area contributed by atoms with E-state index in [0.29, 0.717) is 10.0 Å². The molecule has 0 aliphatic rings. The highest BCUT2D eigenvalue weighted by atomic mass is 35.5. The van der Waals surface area contributed by atoms with Crippen molar-refractivity contribution >= 4 is 23.2 Å². The topological polar surface area (TPSA) is 26.0 Å². The third-order valence-corrected chi connectivity index (χ3v) is 3.69. The van der Waals surface area contributed by atoms with Gasteiger partial charge in [-0.2, -0.15) is 0 Å². The fraction of sp³-hybridized carbons (Fsp3) is 0.200. The van der Waals surface area contributed by atoms with E-state index >= 15 is 0 Å². The lowest BCUT2D eigenvalue weighted by Crippen LogP contribution is -2.13. The van der Waals surface area contributed by atoms with E-state index in [0.717, 1.165) is 12.0 Å². The zero-order valence-corrected chi connectivity index (χ0v) is 11.7. The average molecular weight is 280 g/mol. The Morgan fingerprint density at radius 3 is 2.28 bits per heavy atom. The molecule has 0 bridgehead atoms. The molecular formula is C15H15Cl2N. The Morgan fingerprint density at radius 1 is 1.00 bits per heavy atom. The van der Waals surface area contributed by atoms with Gasteiger partial charge < -0.3 is 5.73 Å². The summed E-state index contributed by atoms with van der Waals surface area (Å²) in [6.45, 7) is 2.07. The molecule has 94 valence electrons. The molecule has 1 atom stereocenters. The van der Waals surface area contributed by atoms with Crippen LogP contribution in [0.25, 0.3) is 0 Å². The van der Waals surface area contributed by atoms with Gasteiger partial charge in [0, 0.05) is 6.04 Å². The van der Waals surface area contributed by atoms with Gasteiger partial charge in [0.25, 0.3) is 0 Å². The molecule has 0 amide bonds. The lowest BCUT2D eigenvalue weighted by molar-refractivity contribution is 0.722.